The molecule has 0 aliphatic carbocycles. The fourth-order valence-electron chi connectivity index (χ4n) is 1.96. The molecule has 0 atom stereocenters. The molecule has 1 amide bonds. The number of nitrogens with zero attached hydrogens (tertiary/aromatic N) is 1. The van der Waals surface area contributed by atoms with Crippen LogP contribution < -0.4 is 10.1 Å². The van der Waals surface area contributed by atoms with E-state index in [-0.39, 0.29) is 17.4 Å². The van der Waals surface area contributed by atoms with Gasteiger partial charge in [-0.15, -0.1) is 0 Å². The molecule has 0 aliphatic heterocycles. The summed E-state index contributed by atoms with van der Waals surface area (Å²) in [6, 6.07) is 7.04. The Bertz CT molecular complexity index is 796. The molecule has 1 aromatic heterocycles. The number of rotatable bonds is 6. The number of ether oxygens (including phenoxy) is 2. The standard InChI is InChI=1S/C17H16Cl2N2O4/c1-10-3-4-14(11(2)5-10)24-9-16(23)25-8-15(22)21-17-13(19)6-12(18)7-20-17/h3-7H,8-9H2,1-2H3,(H,20,21,22). The van der Waals surface area contributed by atoms with Crippen LogP contribution in [0.1, 0.15) is 11.1 Å². The minimum absolute atomic E-state index is 0.138. The van der Waals surface area contributed by atoms with Gasteiger partial charge in [-0.25, -0.2) is 9.78 Å². The highest BCUT2D eigenvalue weighted by Crippen LogP contribution is 2.22. The van der Waals surface area contributed by atoms with Crippen LogP contribution in [0.15, 0.2) is 30.5 Å². The zero-order valence-corrected chi connectivity index (χ0v) is 15.1. The summed E-state index contributed by atoms with van der Waals surface area (Å²) in [7, 11) is 0. The van der Waals surface area contributed by atoms with Crippen molar-refractivity contribution in [1.29, 1.82) is 0 Å². The van der Waals surface area contributed by atoms with E-state index >= 15 is 0 Å². The van der Waals surface area contributed by atoms with E-state index in [0.29, 0.717) is 10.8 Å². The van der Waals surface area contributed by atoms with Crippen molar-refractivity contribution in [2.75, 3.05) is 18.5 Å². The molecule has 132 valence electrons. The lowest BCUT2D eigenvalue weighted by Crippen LogP contribution is -2.24. The lowest BCUT2D eigenvalue weighted by Gasteiger charge is -2.10. The molecule has 0 unspecified atom stereocenters. The van der Waals surface area contributed by atoms with Crippen molar-refractivity contribution in [3.05, 3.63) is 51.6 Å². The Morgan fingerprint density at radius 2 is 1.92 bits per heavy atom. The molecule has 1 aromatic carbocycles. The molecule has 0 aliphatic rings. The van der Waals surface area contributed by atoms with E-state index < -0.39 is 18.5 Å². The van der Waals surface area contributed by atoms with E-state index in [4.69, 9.17) is 32.7 Å². The number of halogens is 2. The van der Waals surface area contributed by atoms with Gasteiger partial charge in [-0.1, -0.05) is 40.9 Å². The van der Waals surface area contributed by atoms with E-state index in [9.17, 15) is 9.59 Å². The molecule has 0 spiro atoms. The molecule has 8 heteroatoms. The second kappa shape index (κ2) is 8.69. The van der Waals surface area contributed by atoms with E-state index in [0.717, 1.165) is 11.1 Å². The number of aromatic nitrogens is 1. The first kappa shape index (κ1) is 19.0. The molecular weight excluding hydrogens is 367 g/mol. The summed E-state index contributed by atoms with van der Waals surface area (Å²) < 4.78 is 10.2. The van der Waals surface area contributed by atoms with Crippen molar-refractivity contribution < 1.29 is 19.1 Å². The summed E-state index contributed by atoms with van der Waals surface area (Å²) >= 11 is 11.6. The minimum Gasteiger partial charge on any atom is -0.482 e. The molecule has 0 saturated heterocycles. The van der Waals surface area contributed by atoms with Crippen LogP contribution in [-0.2, 0) is 14.3 Å². The number of benzene rings is 1. The first-order chi connectivity index (χ1) is 11.8. The first-order valence-corrected chi connectivity index (χ1v) is 8.07. The highest BCUT2D eigenvalue weighted by atomic mass is 35.5. The lowest BCUT2D eigenvalue weighted by atomic mass is 10.1. The normalized spacial score (nSPS) is 10.2. The predicted molar refractivity (Wildman–Crippen MR) is 95.3 cm³/mol. The van der Waals surface area contributed by atoms with Crippen LogP contribution >= 0.6 is 23.2 Å². The van der Waals surface area contributed by atoms with Crippen molar-refractivity contribution in [1.82, 2.24) is 4.98 Å². The highest BCUT2D eigenvalue weighted by Gasteiger charge is 2.12. The smallest absolute Gasteiger partial charge is 0.344 e. The average molecular weight is 383 g/mol. The van der Waals surface area contributed by atoms with Crippen molar-refractivity contribution in [3.63, 3.8) is 0 Å². The largest absolute Gasteiger partial charge is 0.482 e. The van der Waals surface area contributed by atoms with Crippen molar-refractivity contribution in [3.8, 4) is 5.75 Å². The maximum Gasteiger partial charge on any atom is 0.344 e. The van der Waals surface area contributed by atoms with Crippen LogP contribution in [-0.4, -0.2) is 30.1 Å². The number of aryl methyl sites for hydroxylation is 2. The molecule has 6 nitrogen and oxygen atoms in total. The number of hydrogen-bond acceptors (Lipinski definition) is 5. The number of carbonyl (C=O) groups is 2. The van der Waals surface area contributed by atoms with Gasteiger partial charge in [0.1, 0.15) is 5.75 Å². The predicted octanol–water partition coefficient (Wildman–Crippen LogP) is 3.57. The molecular formula is C17H16Cl2N2O4. The number of carbonyl (C=O) groups excluding carboxylic acids is 2. The summed E-state index contributed by atoms with van der Waals surface area (Å²) in [5, 5.41) is 2.95. The molecule has 0 saturated carbocycles. The van der Waals surface area contributed by atoms with Gasteiger partial charge in [0.05, 0.1) is 10.0 Å². The van der Waals surface area contributed by atoms with Crippen LogP contribution in [0.4, 0.5) is 5.82 Å². The third kappa shape index (κ3) is 5.92. The third-order valence-corrected chi connectivity index (χ3v) is 3.60. The topological polar surface area (TPSA) is 77.5 Å². The zero-order valence-electron chi connectivity index (χ0n) is 13.6. The Balaban J connectivity index is 1.78. The number of esters is 1. The van der Waals surface area contributed by atoms with Crippen molar-refractivity contribution in [2.45, 2.75) is 13.8 Å². The molecule has 1 N–H and O–H groups in total. The van der Waals surface area contributed by atoms with Crippen LogP contribution in [0.2, 0.25) is 10.0 Å². The number of hydrogen-bond donors (Lipinski definition) is 1. The molecule has 1 heterocycles. The number of nitrogens with one attached hydrogen (secondary N) is 1. The summed E-state index contributed by atoms with van der Waals surface area (Å²) in [5.74, 6) is -0.510. The Kier molecular flexibility index (Phi) is 6.61. The minimum atomic E-state index is -0.662. The Labute approximate surface area is 155 Å². The fraction of sp³-hybridized carbons (Fsp3) is 0.235. The van der Waals surface area contributed by atoms with Crippen LogP contribution in [0.3, 0.4) is 0 Å². The van der Waals surface area contributed by atoms with Gasteiger partial charge < -0.3 is 14.8 Å². The van der Waals surface area contributed by atoms with Gasteiger partial charge in [0.2, 0.25) is 0 Å². The Morgan fingerprint density at radius 1 is 1.16 bits per heavy atom. The lowest BCUT2D eigenvalue weighted by molar-refractivity contribution is -0.149. The van der Waals surface area contributed by atoms with Gasteiger partial charge in [-0.2, -0.15) is 0 Å². The van der Waals surface area contributed by atoms with Gasteiger partial charge in [0, 0.05) is 6.20 Å². The Morgan fingerprint density at radius 3 is 2.60 bits per heavy atom. The summed E-state index contributed by atoms with van der Waals surface area (Å²) in [6.45, 7) is 3.07. The number of anilines is 1. The summed E-state index contributed by atoms with van der Waals surface area (Å²) in [6.07, 6.45) is 1.34. The van der Waals surface area contributed by atoms with Crippen LogP contribution in [0, 0.1) is 13.8 Å². The van der Waals surface area contributed by atoms with Crippen molar-refractivity contribution >= 4 is 40.9 Å². The van der Waals surface area contributed by atoms with Gasteiger partial charge in [0.25, 0.3) is 5.91 Å². The van der Waals surface area contributed by atoms with Crippen LogP contribution in [0.5, 0.6) is 5.75 Å². The second-order valence-corrected chi connectivity index (χ2v) is 6.09. The number of pyridine rings is 1. The zero-order chi connectivity index (χ0) is 18.4. The van der Waals surface area contributed by atoms with Gasteiger partial charge in [0.15, 0.2) is 19.0 Å². The van der Waals surface area contributed by atoms with Crippen LogP contribution in [0.25, 0.3) is 0 Å². The second-order valence-electron chi connectivity index (χ2n) is 5.25. The monoisotopic (exact) mass is 382 g/mol. The van der Waals surface area contributed by atoms with E-state index in [1.165, 1.54) is 12.3 Å². The van der Waals surface area contributed by atoms with Gasteiger partial charge >= 0.3 is 5.97 Å². The maximum atomic E-state index is 11.8. The average Bonchev–Trinajstić information content (AvgIpc) is 2.55. The quantitative estimate of drug-likeness (QED) is 0.772. The van der Waals surface area contributed by atoms with E-state index in [1.807, 2.05) is 26.0 Å². The summed E-state index contributed by atoms with van der Waals surface area (Å²) in [4.78, 5) is 27.3. The molecule has 2 rings (SSSR count). The molecule has 0 radical (unpaired) electrons. The SMILES string of the molecule is Cc1ccc(OCC(=O)OCC(=O)Nc2ncc(Cl)cc2Cl)c(C)c1. The van der Waals surface area contributed by atoms with E-state index in [1.54, 1.807) is 6.07 Å². The fourth-order valence-corrected chi connectivity index (χ4v) is 2.39. The highest BCUT2D eigenvalue weighted by molar-refractivity contribution is 6.36. The molecule has 0 bridgehead atoms. The summed E-state index contributed by atoms with van der Waals surface area (Å²) in [5.41, 5.74) is 2.01. The first-order valence-electron chi connectivity index (χ1n) is 7.31. The Hall–Kier alpha value is -2.31. The molecule has 0 fully saturated rings. The molecule has 25 heavy (non-hydrogen) atoms. The molecule has 2 aromatic rings. The van der Waals surface area contributed by atoms with Gasteiger partial charge in [-0.3, -0.25) is 4.79 Å². The van der Waals surface area contributed by atoms with Crippen molar-refractivity contribution in [2.24, 2.45) is 0 Å². The van der Waals surface area contributed by atoms with Gasteiger partial charge in [-0.05, 0) is 31.5 Å². The van der Waals surface area contributed by atoms with E-state index in [2.05, 4.69) is 10.3 Å². The third-order valence-electron chi connectivity index (χ3n) is 3.11. The number of amides is 1. The maximum absolute atomic E-state index is 11.8.